The molecule has 0 saturated carbocycles. The SMILES string of the molecule is NC(Cc1ccc(O)cc1)C(=O)NC(CC(=O)O)C(=O)NC(CO)C(=O)NC(CO)C(=O)O. The third kappa shape index (κ3) is 9.10. The van der Waals surface area contributed by atoms with E-state index >= 15 is 0 Å². The van der Waals surface area contributed by atoms with Crippen LogP contribution in [0.1, 0.15) is 12.0 Å². The van der Waals surface area contributed by atoms with Crippen LogP contribution in [0.25, 0.3) is 0 Å². The molecule has 0 fully saturated rings. The maximum atomic E-state index is 12.5. The zero-order valence-corrected chi connectivity index (χ0v) is 17.3. The molecule has 33 heavy (non-hydrogen) atoms. The van der Waals surface area contributed by atoms with Gasteiger partial charge in [0.2, 0.25) is 17.7 Å². The van der Waals surface area contributed by atoms with Gasteiger partial charge in [0.1, 0.15) is 23.9 Å². The Kier molecular flexibility index (Phi) is 10.7. The lowest BCUT2D eigenvalue weighted by atomic mass is 10.0. The fourth-order valence-corrected chi connectivity index (χ4v) is 2.57. The largest absolute Gasteiger partial charge is 0.508 e. The Bertz CT molecular complexity index is 861. The quantitative estimate of drug-likeness (QED) is 0.135. The van der Waals surface area contributed by atoms with Gasteiger partial charge >= 0.3 is 11.9 Å². The van der Waals surface area contributed by atoms with E-state index in [2.05, 4.69) is 5.32 Å². The lowest BCUT2D eigenvalue weighted by molar-refractivity contribution is -0.144. The minimum Gasteiger partial charge on any atom is -0.508 e. The van der Waals surface area contributed by atoms with Crippen molar-refractivity contribution in [3.63, 3.8) is 0 Å². The second kappa shape index (κ2) is 12.9. The minimum atomic E-state index is -1.70. The van der Waals surface area contributed by atoms with Crippen LogP contribution in [0.15, 0.2) is 24.3 Å². The molecule has 14 heteroatoms. The summed E-state index contributed by atoms with van der Waals surface area (Å²) < 4.78 is 0. The molecule has 0 aliphatic rings. The van der Waals surface area contributed by atoms with Crippen LogP contribution >= 0.6 is 0 Å². The summed E-state index contributed by atoms with van der Waals surface area (Å²) in [6.45, 7) is -1.94. The molecule has 1 rings (SSSR count). The Labute approximate surface area is 187 Å². The fourth-order valence-electron chi connectivity index (χ4n) is 2.57. The molecular weight excluding hydrogens is 444 g/mol. The van der Waals surface area contributed by atoms with Crippen molar-refractivity contribution >= 4 is 29.7 Å². The number of carboxylic acid groups (broad SMARTS) is 2. The third-order valence-electron chi connectivity index (χ3n) is 4.35. The first-order valence-electron chi connectivity index (χ1n) is 9.59. The molecule has 0 spiro atoms. The van der Waals surface area contributed by atoms with E-state index in [4.69, 9.17) is 21.1 Å². The van der Waals surface area contributed by atoms with Crippen molar-refractivity contribution in [2.24, 2.45) is 5.73 Å². The Morgan fingerprint density at radius 3 is 1.76 bits per heavy atom. The van der Waals surface area contributed by atoms with E-state index in [-0.39, 0.29) is 12.2 Å². The lowest BCUT2D eigenvalue weighted by Gasteiger charge is -2.23. The molecule has 0 bridgehead atoms. The number of hydrogen-bond donors (Lipinski definition) is 9. The highest BCUT2D eigenvalue weighted by Crippen LogP contribution is 2.11. The Morgan fingerprint density at radius 1 is 0.788 bits per heavy atom. The molecule has 0 aromatic heterocycles. The second-order valence-corrected chi connectivity index (χ2v) is 6.96. The molecule has 0 heterocycles. The summed E-state index contributed by atoms with van der Waals surface area (Å²) in [7, 11) is 0. The number of nitrogens with one attached hydrogen (secondary N) is 3. The van der Waals surface area contributed by atoms with E-state index in [9.17, 15) is 34.2 Å². The van der Waals surface area contributed by atoms with Gasteiger partial charge in [0.25, 0.3) is 0 Å². The van der Waals surface area contributed by atoms with Crippen LogP contribution in [0.2, 0.25) is 0 Å². The zero-order valence-electron chi connectivity index (χ0n) is 17.3. The average molecular weight is 470 g/mol. The number of carboxylic acids is 2. The van der Waals surface area contributed by atoms with E-state index in [1.165, 1.54) is 24.3 Å². The summed E-state index contributed by atoms with van der Waals surface area (Å²) in [5.41, 5.74) is 6.39. The highest BCUT2D eigenvalue weighted by Gasteiger charge is 2.31. The van der Waals surface area contributed by atoms with Gasteiger partial charge in [-0.15, -0.1) is 0 Å². The maximum Gasteiger partial charge on any atom is 0.328 e. The van der Waals surface area contributed by atoms with Crippen molar-refractivity contribution in [2.75, 3.05) is 13.2 Å². The van der Waals surface area contributed by atoms with Gasteiger partial charge in [-0.2, -0.15) is 0 Å². The molecule has 10 N–H and O–H groups in total. The Morgan fingerprint density at radius 2 is 1.27 bits per heavy atom. The summed E-state index contributed by atoms with van der Waals surface area (Å²) in [6.07, 6.45) is -0.870. The molecule has 0 aliphatic heterocycles. The first kappa shape index (κ1) is 27.3. The van der Waals surface area contributed by atoms with E-state index in [1.54, 1.807) is 0 Å². The molecule has 0 saturated heterocycles. The molecule has 4 atom stereocenters. The predicted octanol–water partition coefficient (Wildman–Crippen LogP) is -3.74. The highest BCUT2D eigenvalue weighted by atomic mass is 16.4. The summed E-state index contributed by atoms with van der Waals surface area (Å²) in [5, 5.41) is 51.6. The molecule has 0 aliphatic carbocycles. The Balaban J connectivity index is 2.84. The number of carbonyl (C=O) groups excluding carboxylic acids is 3. The third-order valence-corrected chi connectivity index (χ3v) is 4.35. The molecule has 3 amide bonds. The molecule has 0 radical (unpaired) electrons. The van der Waals surface area contributed by atoms with Crippen LogP contribution in [-0.4, -0.2) is 92.6 Å². The van der Waals surface area contributed by atoms with Gasteiger partial charge in [-0.05, 0) is 24.1 Å². The number of nitrogens with two attached hydrogens (primary N) is 1. The van der Waals surface area contributed by atoms with Crippen molar-refractivity contribution in [3.05, 3.63) is 29.8 Å². The topological polar surface area (TPSA) is 249 Å². The smallest absolute Gasteiger partial charge is 0.328 e. The Hall–Kier alpha value is -3.75. The normalized spacial score (nSPS) is 14.3. The van der Waals surface area contributed by atoms with Gasteiger partial charge in [-0.1, -0.05) is 12.1 Å². The highest BCUT2D eigenvalue weighted by molar-refractivity contribution is 5.95. The number of aliphatic hydroxyl groups is 2. The number of amides is 3. The monoisotopic (exact) mass is 470 g/mol. The van der Waals surface area contributed by atoms with Crippen molar-refractivity contribution < 1.29 is 49.5 Å². The van der Waals surface area contributed by atoms with Gasteiger partial charge in [0, 0.05) is 0 Å². The first-order valence-corrected chi connectivity index (χ1v) is 9.59. The maximum absolute atomic E-state index is 12.5. The van der Waals surface area contributed by atoms with Crippen LogP contribution < -0.4 is 21.7 Å². The van der Waals surface area contributed by atoms with Crippen molar-refractivity contribution in [3.8, 4) is 5.75 Å². The van der Waals surface area contributed by atoms with Gasteiger partial charge < -0.3 is 47.2 Å². The van der Waals surface area contributed by atoms with Gasteiger partial charge in [-0.3, -0.25) is 19.2 Å². The molecule has 1 aromatic carbocycles. The molecule has 1 aromatic rings. The summed E-state index contributed by atoms with van der Waals surface area (Å²) in [5.74, 6) is -6.19. The van der Waals surface area contributed by atoms with Crippen LogP contribution in [0.3, 0.4) is 0 Å². The van der Waals surface area contributed by atoms with Crippen molar-refractivity contribution in [1.29, 1.82) is 0 Å². The lowest BCUT2D eigenvalue weighted by Crippen LogP contribution is -2.58. The molecule has 14 nitrogen and oxygen atoms in total. The standard InChI is InChI=1S/C19H26N4O10/c20-11(5-9-1-3-10(26)4-2-9)16(29)21-12(6-15(27)28)17(30)22-13(7-24)18(31)23-14(8-25)19(32)33/h1-4,11-14,24-26H,5-8,20H2,(H,21,29)(H,22,30)(H,23,31)(H,27,28)(H,32,33). The number of aliphatic hydroxyl groups excluding tert-OH is 2. The van der Waals surface area contributed by atoms with E-state index in [1.807, 2.05) is 10.6 Å². The van der Waals surface area contributed by atoms with E-state index in [0.29, 0.717) is 5.56 Å². The van der Waals surface area contributed by atoms with E-state index < -0.39 is 73.5 Å². The number of phenolic OH excluding ortho intramolecular Hbond substituents is 1. The number of phenols is 1. The number of benzene rings is 1. The summed E-state index contributed by atoms with van der Waals surface area (Å²) in [6, 6.07) is -0.442. The summed E-state index contributed by atoms with van der Waals surface area (Å²) >= 11 is 0. The van der Waals surface area contributed by atoms with Crippen LogP contribution in [0.4, 0.5) is 0 Å². The van der Waals surface area contributed by atoms with Crippen molar-refractivity contribution in [1.82, 2.24) is 16.0 Å². The molecular formula is C19H26N4O10. The number of aromatic hydroxyl groups is 1. The minimum absolute atomic E-state index is 0.00565. The van der Waals surface area contributed by atoms with Crippen LogP contribution in [-0.2, 0) is 30.4 Å². The van der Waals surface area contributed by atoms with Gasteiger partial charge in [-0.25, -0.2) is 4.79 Å². The number of hydrogen-bond acceptors (Lipinski definition) is 9. The predicted molar refractivity (Wildman–Crippen MR) is 110 cm³/mol. The average Bonchev–Trinajstić information content (AvgIpc) is 2.75. The zero-order chi connectivity index (χ0) is 25.1. The summed E-state index contributed by atoms with van der Waals surface area (Å²) in [4.78, 5) is 59.0. The van der Waals surface area contributed by atoms with Crippen LogP contribution in [0.5, 0.6) is 5.75 Å². The fraction of sp³-hybridized carbons (Fsp3) is 0.421. The van der Waals surface area contributed by atoms with Crippen LogP contribution in [0, 0.1) is 0 Å². The molecule has 182 valence electrons. The van der Waals surface area contributed by atoms with E-state index in [0.717, 1.165) is 0 Å². The molecule has 4 unspecified atom stereocenters. The van der Waals surface area contributed by atoms with Gasteiger partial charge in [0.05, 0.1) is 25.7 Å². The van der Waals surface area contributed by atoms with Crippen molar-refractivity contribution in [2.45, 2.75) is 37.0 Å². The second-order valence-electron chi connectivity index (χ2n) is 6.96. The number of carbonyl (C=O) groups is 5. The first-order chi connectivity index (χ1) is 15.5. The van der Waals surface area contributed by atoms with Gasteiger partial charge in [0.15, 0.2) is 0 Å². The number of aliphatic carboxylic acids is 2. The number of rotatable bonds is 13.